The Kier molecular flexibility index (Phi) is 5.80. The van der Waals surface area contributed by atoms with Crippen LogP contribution in [-0.4, -0.2) is 49.9 Å². The van der Waals surface area contributed by atoms with Gasteiger partial charge in [-0.3, -0.25) is 9.59 Å². The first-order valence-corrected chi connectivity index (χ1v) is 10.0. The van der Waals surface area contributed by atoms with E-state index in [0.717, 1.165) is 24.5 Å². The summed E-state index contributed by atoms with van der Waals surface area (Å²) in [5.74, 6) is 0.592. The van der Waals surface area contributed by atoms with Crippen LogP contribution in [0, 0.1) is 0 Å². The molecule has 0 aliphatic carbocycles. The van der Waals surface area contributed by atoms with E-state index >= 15 is 0 Å². The Morgan fingerprint density at radius 1 is 0.767 bits per heavy atom. The predicted molar refractivity (Wildman–Crippen MR) is 117 cm³/mol. The minimum Gasteiger partial charge on any atom is -0.497 e. The number of ketones is 1. The van der Waals surface area contributed by atoms with Crippen LogP contribution in [0.1, 0.15) is 26.3 Å². The normalized spacial score (nSPS) is 13.8. The van der Waals surface area contributed by atoms with Crippen molar-refractivity contribution in [2.24, 2.45) is 0 Å². The molecule has 1 saturated heterocycles. The van der Waals surface area contributed by atoms with Crippen molar-refractivity contribution >= 4 is 17.4 Å². The SMILES string of the molecule is COc1cccc(N2CCN(C(=O)c3ccccc3C(=O)c3ccccc3)CC2)c1. The molecule has 0 radical (unpaired) electrons. The van der Waals surface area contributed by atoms with Crippen LogP contribution >= 0.6 is 0 Å². The molecule has 1 amide bonds. The van der Waals surface area contributed by atoms with Crippen molar-refractivity contribution < 1.29 is 14.3 Å². The van der Waals surface area contributed by atoms with Crippen molar-refractivity contribution in [3.05, 3.63) is 95.6 Å². The molecule has 0 unspecified atom stereocenters. The zero-order chi connectivity index (χ0) is 20.9. The number of benzene rings is 3. The summed E-state index contributed by atoms with van der Waals surface area (Å²) in [6.07, 6.45) is 0. The molecule has 1 aliphatic heterocycles. The summed E-state index contributed by atoms with van der Waals surface area (Å²) in [7, 11) is 1.66. The largest absolute Gasteiger partial charge is 0.497 e. The van der Waals surface area contributed by atoms with Crippen LogP contribution in [-0.2, 0) is 0 Å². The highest BCUT2D eigenvalue weighted by atomic mass is 16.5. The van der Waals surface area contributed by atoms with Crippen molar-refractivity contribution in [1.82, 2.24) is 4.90 Å². The van der Waals surface area contributed by atoms with Crippen molar-refractivity contribution in [2.75, 3.05) is 38.2 Å². The van der Waals surface area contributed by atoms with Gasteiger partial charge in [0, 0.05) is 49.1 Å². The number of hydrogen-bond donors (Lipinski definition) is 0. The van der Waals surface area contributed by atoms with Gasteiger partial charge in [0.15, 0.2) is 5.78 Å². The van der Waals surface area contributed by atoms with Gasteiger partial charge < -0.3 is 14.5 Å². The maximum atomic E-state index is 13.2. The zero-order valence-electron chi connectivity index (χ0n) is 17.0. The second-order valence-electron chi connectivity index (χ2n) is 7.22. The summed E-state index contributed by atoms with van der Waals surface area (Å²) < 4.78 is 5.31. The van der Waals surface area contributed by atoms with E-state index < -0.39 is 0 Å². The molecule has 0 spiro atoms. The molecule has 5 nitrogen and oxygen atoms in total. The second-order valence-corrected chi connectivity index (χ2v) is 7.22. The fourth-order valence-electron chi connectivity index (χ4n) is 3.76. The molecule has 3 aromatic rings. The number of hydrogen-bond acceptors (Lipinski definition) is 4. The maximum absolute atomic E-state index is 13.2. The lowest BCUT2D eigenvalue weighted by Crippen LogP contribution is -2.49. The quantitative estimate of drug-likeness (QED) is 0.610. The number of amides is 1. The van der Waals surface area contributed by atoms with Gasteiger partial charge in [0.1, 0.15) is 5.75 Å². The molecule has 5 heteroatoms. The highest BCUT2D eigenvalue weighted by molar-refractivity contribution is 6.15. The van der Waals surface area contributed by atoms with Crippen LogP contribution in [0.4, 0.5) is 5.69 Å². The number of carbonyl (C=O) groups is 2. The first-order chi connectivity index (χ1) is 14.7. The third-order valence-electron chi connectivity index (χ3n) is 5.42. The monoisotopic (exact) mass is 400 g/mol. The maximum Gasteiger partial charge on any atom is 0.254 e. The Morgan fingerprint density at radius 2 is 1.43 bits per heavy atom. The number of rotatable bonds is 5. The molecule has 3 aromatic carbocycles. The van der Waals surface area contributed by atoms with Gasteiger partial charge in [0.25, 0.3) is 5.91 Å². The number of anilines is 1. The lowest BCUT2D eigenvalue weighted by atomic mass is 9.97. The van der Waals surface area contributed by atoms with Crippen LogP contribution in [0.25, 0.3) is 0 Å². The van der Waals surface area contributed by atoms with Gasteiger partial charge in [0.05, 0.1) is 12.7 Å². The number of carbonyl (C=O) groups excluding carboxylic acids is 2. The number of piperazine rings is 1. The summed E-state index contributed by atoms with van der Waals surface area (Å²) in [6.45, 7) is 2.66. The predicted octanol–water partition coefficient (Wildman–Crippen LogP) is 3.89. The number of nitrogens with zero attached hydrogens (tertiary/aromatic N) is 2. The van der Waals surface area contributed by atoms with E-state index in [0.29, 0.717) is 29.8 Å². The first kappa shape index (κ1) is 19.7. The van der Waals surface area contributed by atoms with Crippen LogP contribution in [0.2, 0.25) is 0 Å². The van der Waals surface area contributed by atoms with Gasteiger partial charge in [0.2, 0.25) is 0 Å². The topological polar surface area (TPSA) is 49.9 Å². The van der Waals surface area contributed by atoms with E-state index in [9.17, 15) is 9.59 Å². The van der Waals surface area contributed by atoms with Gasteiger partial charge in [-0.15, -0.1) is 0 Å². The summed E-state index contributed by atoms with van der Waals surface area (Å²) >= 11 is 0. The van der Waals surface area contributed by atoms with Crippen LogP contribution < -0.4 is 9.64 Å². The summed E-state index contributed by atoms with van der Waals surface area (Å²) in [4.78, 5) is 30.3. The molecular weight excluding hydrogens is 376 g/mol. The van der Waals surface area contributed by atoms with Gasteiger partial charge in [-0.25, -0.2) is 0 Å². The molecule has 30 heavy (non-hydrogen) atoms. The summed E-state index contributed by atoms with van der Waals surface area (Å²) in [6, 6.07) is 24.1. The van der Waals surface area contributed by atoms with Crippen molar-refractivity contribution in [1.29, 1.82) is 0 Å². The molecule has 0 atom stereocenters. The minimum absolute atomic E-state index is 0.0971. The first-order valence-electron chi connectivity index (χ1n) is 10.0. The van der Waals surface area contributed by atoms with Crippen LogP contribution in [0.15, 0.2) is 78.9 Å². The highest BCUT2D eigenvalue weighted by Crippen LogP contribution is 2.23. The lowest BCUT2D eigenvalue weighted by Gasteiger charge is -2.36. The van der Waals surface area contributed by atoms with Crippen molar-refractivity contribution in [2.45, 2.75) is 0 Å². The standard InChI is InChI=1S/C25H24N2O3/c1-30-21-11-7-10-20(18-21)26-14-16-27(17-15-26)25(29)23-13-6-5-12-22(23)24(28)19-8-3-2-4-9-19/h2-13,18H,14-17H2,1H3. The van der Waals surface area contributed by atoms with Gasteiger partial charge in [-0.2, -0.15) is 0 Å². The van der Waals surface area contributed by atoms with E-state index in [2.05, 4.69) is 4.90 Å². The summed E-state index contributed by atoms with van der Waals surface area (Å²) in [5.41, 5.74) is 2.58. The molecule has 0 N–H and O–H groups in total. The molecule has 1 aliphatic rings. The third-order valence-corrected chi connectivity index (χ3v) is 5.42. The average Bonchev–Trinajstić information content (AvgIpc) is 2.84. The number of ether oxygens (including phenoxy) is 1. The molecule has 4 rings (SSSR count). The third kappa shape index (κ3) is 4.06. The van der Waals surface area contributed by atoms with Crippen LogP contribution in [0.5, 0.6) is 5.75 Å². The highest BCUT2D eigenvalue weighted by Gasteiger charge is 2.26. The van der Waals surface area contributed by atoms with Gasteiger partial charge in [-0.1, -0.05) is 54.6 Å². The molecule has 0 aromatic heterocycles. The van der Waals surface area contributed by atoms with Gasteiger partial charge >= 0.3 is 0 Å². The van der Waals surface area contributed by atoms with E-state index in [4.69, 9.17) is 4.74 Å². The Balaban J connectivity index is 1.49. The Morgan fingerprint density at radius 3 is 2.13 bits per heavy atom. The second kappa shape index (κ2) is 8.82. The van der Waals surface area contributed by atoms with E-state index in [1.165, 1.54) is 0 Å². The Bertz CT molecular complexity index is 1040. The zero-order valence-corrected chi connectivity index (χ0v) is 17.0. The minimum atomic E-state index is -0.130. The Hall–Kier alpha value is -3.60. The van der Waals surface area contributed by atoms with E-state index in [-0.39, 0.29) is 11.7 Å². The molecular formula is C25H24N2O3. The fraction of sp³-hybridized carbons (Fsp3) is 0.200. The van der Waals surface area contributed by atoms with Crippen molar-refractivity contribution in [3.63, 3.8) is 0 Å². The number of methoxy groups -OCH3 is 1. The smallest absolute Gasteiger partial charge is 0.254 e. The molecule has 0 saturated carbocycles. The molecule has 0 bridgehead atoms. The van der Waals surface area contributed by atoms with E-state index in [1.54, 1.807) is 37.4 Å². The summed E-state index contributed by atoms with van der Waals surface area (Å²) in [5, 5.41) is 0. The molecule has 1 fully saturated rings. The van der Waals surface area contributed by atoms with Crippen molar-refractivity contribution in [3.8, 4) is 5.75 Å². The Labute approximate surface area is 176 Å². The molecule has 152 valence electrons. The lowest BCUT2D eigenvalue weighted by molar-refractivity contribution is 0.0742. The van der Waals surface area contributed by atoms with Crippen LogP contribution in [0.3, 0.4) is 0 Å². The molecule has 1 heterocycles. The van der Waals surface area contributed by atoms with Gasteiger partial charge in [-0.05, 0) is 18.2 Å². The fourth-order valence-corrected chi connectivity index (χ4v) is 3.76. The van der Waals surface area contributed by atoms with E-state index in [1.807, 2.05) is 53.4 Å². The average molecular weight is 400 g/mol.